The summed E-state index contributed by atoms with van der Waals surface area (Å²) in [6.07, 6.45) is 0.915. The number of aromatic nitrogens is 2. The van der Waals surface area contributed by atoms with Crippen molar-refractivity contribution in [1.82, 2.24) is 14.7 Å². The van der Waals surface area contributed by atoms with E-state index in [1.165, 1.54) is 0 Å². The van der Waals surface area contributed by atoms with Crippen LogP contribution in [0.3, 0.4) is 0 Å². The third-order valence-corrected chi connectivity index (χ3v) is 4.58. The lowest BCUT2D eigenvalue weighted by molar-refractivity contribution is 0.0782. The first-order valence-electron chi connectivity index (χ1n) is 8.75. The summed E-state index contributed by atoms with van der Waals surface area (Å²) < 4.78 is 7.71. The normalized spacial score (nSPS) is 17.1. The SMILES string of the molecule is Cc1ccc(OCCN)c(C(=O)N2CCC(n3nc(C)cc3C)C2)c1. The zero-order valence-corrected chi connectivity index (χ0v) is 15.2. The molecule has 1 amide bonds. The average Bonchev–Trinajstić information content (AvgIpc) is 3.19. The van der Waals surface area contributed by atoms with Gasteiger partial charge in [-0.2, -0.15) is 5.10 Å². The number of amides is 1. The molecule has 134 valence electrons. The van der Waals surface area contributed by atoms with Crippen molar-refractivity contribution in [2.45, 2.75) is 33.2 Å². The smallest absolute Gasteiger partial charge is 0.257 e. The maximum atomic E-state index is 13.0. The highest BCUT2D eigenvalue weighted by molar-refractivity contribution is 5.97. The van der Waals surface area contributed by atoms with Crippen LogP contribution in [0.1, 0.15) is 39.8 Å². The Morgan fingerprint density at radius 2 is 2.12 bits per heavy atom. The molecule has 0 spiro atoms. The van der Waals surface area contributed by atoms with Crippen molar-refractivity contribution >= 4 is 5.91 Å². The number of carbonyl (C=O) groups is 1. The van der Waals surface area contributed by atoms with Crippen molar-refractivity contribution in [3.63, 3.8) is 0 Å². The van der Waals surface area contributed by atoms with Crippen molar-refractivity contribution in [2.24, 2.45) is 5.73 Å². The number of rotatable bonds is 5. The highest BCUT2D eigenvalue weighted by Gasteiger charge is 2.30. The topological polar surface area (TPSA) is 73.4 Å². The van der Waals surface area contributed by atoms with E-state index in [0.29, 0.717) is 31.0 Å². The largest absolute Gasteiger partial charge is 0.491 e. The number of aryl methyl sites for hydroxylation is 3. The van der Waals surface area contributed by atoms with Gasteiger partial charge in [0.2, 0.25) is 0 Å². The molecule has 1 aromatic carbocycles. The molecule has 2 aromatic rings. The van der Waals surface area contributed by atoms with Gasteiger partial charge in [0, 0.05) is 25.3 Å². The zero-order valence-electron chi connectivity index (χ0n) is 15.2. The minimum Gasteiger partial charge on any atom is -0.491 e. The molecule has 6 nitrogen and oxygen atoms in total. The van der Waals surface area contributed by atoms with E-state index in [2.05, 4.69) is 18.1 Å². The number of benzene rings is 1. The molecule has 3 rings (SSSR count). The van der Waals surface area contributed by atoms with Crippen LogP contribution in [0.25, 0.3) is 0 Å². The first-order valence-corrected chi connectivity index (χ1v) is 8.75. The van der Waals surface area contributed by atoms with Gasteiger partial charge in [0.1, 0.15) is 12.4 Å². The van der Waals surface area contributed by atoms with Crippen LogP contribution in [0, 0.1) is 20.8 Å². The molecule has 0 aliphatic carbocycles. The molecular weight excluding hydrogens is 316 g/mol. The van der Waals surface area contributed by atoms with Crippen LogP contribution in [0.2, 0.25) is 0 Å². The molecule has 1 saturated heterocycles. The van der Waals surface area contributed by atoms with Crippen LogP contribution >= 0.6 is 0 Å². The molecule has 1 unspecified atom stereocenters. The summed E-state index contributed by atoms with van der Waals surface area (Å²) in [4.78, 5) is 14.9. The lowest BCUT2D eigenvalue weighted by Crippen LogP contribution is -2.30. The number of nitrogens with zero attached hydrogens (tertiary/aromatic N) is 3. The van der Waals surface area contributed by atoms with Gasteiger partial charge in [0.05, 0.1) is 17.3 Å². The quantitative estimate of drug-likeness (QED) is 0.904. The highest BCUT2D eigenvalue weighted by Crippen LogP contribution is 2.28. The molecule has 2 N–H and O–H groups in total. The summed E-state index contributed by atoms with van der Waals surface area (Å²) in [6, 6.07) is 8.00. The molecule has 1 aliphatic rings. The Bertz CT molecular complexity index is 769. The van der Waals surface area contributed by atoms with Gasteiger partial charge in [-0.25, -0.2) is 0 Å². The Labute approximate surface area is 148 Å². The Hall–Kier alpha value is -2.34. The van der Waals surface area contributed by atoms with Gasteiger partial charge < -0.3 is 15.4 Å². The Morgan fingerprint density at radius 3 is 2.80 bits per heavy atom. The van der Waals surface area contributed by atoms with Crippen LogP contribution in [-0.4, -0.2) is 46.8 Å². The number of hydrogen-bond acceptors (Lipinski definition) is 4. The Kier molecular flexibility index (Phi) is 5.08. The molecule has 0 saturated carbocycles. The minimum atomic E-state index is 0.0137. The Balaban J connectivity index is 1.78. The number of ether oxygens (including phenoxy) is 1. The molecule has 2 heterocycles. The fraction of sp³-hybridized carbons (Fsp3) is 0.474. The molecule has 6 heteroatoms. The third-order valence-electron chi connectivity index (χ3n) is 4.58. The van der Waals surface area contributed by atoms with E-state index in [1.54, 1.807) is 0 Å². The molecule has 1 aliphatic heterocycles. The average molecular weight is 342 g/mol. The number of nitrogens with two attached hydrogens (primary N) is 1. The molecule has 1 atom stereocenters. The fourth-order valence-corrected chi connectivity index (χ4v) is 3.42. The highest BCUT2D eigenvalue weighted by atomic mass is 16.5. The molecule has 0 radical (unpaired) electrons. The van der Waals surface area contributed by atoms with Gasteiger partial charge in [-0.3, -0.25) is 9.48 Å². The first-order chi connectivity index (χ1) is 12.0. The first kappa shape index (κ1) is 17.5. The maximum absolute atomic E-state index is 13.0. The van der Waals surface area contributed by atoms with Crippen LogP contribution in [-0.2, 0) is 0 Å². The van der Waals surface area contributed by atoms with Gasteiger partial charge in [0.15, 0.2) is 0 Å². The van der Waals surface area contributed by atoms with Gasteiger partial charge in [-0.1, -0.05) is 11.6 Å². The number of hydrogen-bond donors (Lipinski definition) is 1. The van der Waals surface area contributed by atoms with Crippen molar-refractivity contribution in [2.75, 3.05) is 26.2 Å². The van der Waals surface area contributed by atoms with Crippen LogP contribution in [0.4, 0.5) is 0 Å². The molecular formula is C19H26N4O2. The predicted octanol–water partition coefficient (Wildman–Crippen LogP) is 2.23. The number of likely N-dealkylation sites (tertiary alicyclic amines) is 1. The van der Waals surface area contributed by atoms with Crippen molar-refractivity contribution in [3.8, 4) is 5.75 Å². The van der Waals surface area contributed by atoms with E-state index in [-0.39, 0.29) is 11.9 Å². The lowest BCUT2D eigenvalue weighted by atomic mass is 10.1. The molecule has 1 fully saturated rings. The van der Waals surface area contributed by atoms with Gasteiger partial charge in [-0.15, -0.1) is 0 Å². The summed E-state index contributed by atoms with van der Waals surface area (Å²) >= 11 is 0. The third kappa shape index (κ3) is 3.69. The van der Waals surface area contributed by atoms with Gasteiger partial charge in [0.25, 0.3) is 5.91 Å². The van der Waals surface area contributed by atoms with E-state index in [0.717, 1.165) is 29.9 Å². The lowest BCUT2D eigenvalue weighted by Gasteiger charge is -2.19. The molecule has 0 bridgehead atoms. The summed E-state index contributed by atoms with van der Waals surface area (Å²) in [5.74, 6) is 0.621. The maximum Gasteiger partial charge on any atom is 0.257 e. The number of carbonyl (C=O) groups excluding carboxylic acids is 1. The monoisotopic (exact) mass is 342 g/mol. The van der Waals surface area contributed by atoms with E-state index < -0.39 is 0 Å². The van der Waals surface area contributed by atoms with Crippen molar-refractivity contribution in [1.29, 1.82) is 0 Å². The van der Waals surface area contributed by atoms with Crippen LogP contribution in [0.5, 0.6) is 5.75 Å². The van der Waals surface area contributed by atoms with Crippen LogP contribution < -0.4 is 10.5 Å². The standard InChI is InChI=1S/C19H26N4O2/c1-13-4-5-18(25-9-7-20)17(10-13)19(24)22-8-6-16(12-22)23-15(3)11-14(2)21-23/h4-5,10-11,16H,6-9,12,20H2,1-3H3. The summed E-state index contributed by atoms with van der Waals surface area (Å²) in [5.41, 5.74) is 9.33. The van der Waals surface area contributed by atoms with Crippen molar-refractivity contribution < 1.29 is 9.53 Å². The zero-order chi connectivity index (χ0) is 18.0. The fourth-order valence-electron chi connectivity index (χ4n) is 3.42. The minimum absolute atomic E-state index is 0.0137. The van der Waals surface area contributed by atoms with Gasteiger partial charge >= 0.3 is 0 Å². The van der Waals surface area contributed by atoms with Gasteiger partial charge in [-0.05, 0) is 45.4 Å². The second kappa shape index (κ2) is 7.27. The van der Waals surface area contributed by atoms with E-state index in [4.69, 9.17) is 10.5 Å². The summed E-state index contributed by atoms with van der Waals surface area (Å²) in [5, 5.41) is 4.57. The van der Waals surface area contributed by atoms with E-state index >= 15 is 0 Å². The van der Waals surface area contributed by atoms with Crippen molar-refractivity contribution in [3.05, 3.63) is 46.8 Å². The Morgan fingerprint density at radius 1 is 1.32 bits per heavy atom. The van der Waals surface area contributed by atoms with Crippen LogP contribution in [0.15, 0.2) is 24.3 Å². The second-order valence-corrected chi connectivity index (χ2v) is 6.70. The summed E-state index contributed by atoms with van der Waals surface area (Å²) in [6.45, 7) is 8.26. The summed E-state index contributed by atoms with van der Waals surface area (Å²) in [7, 11) is 0. The van der Waals surface area contributed by atoms with E-state index in [1.807, 2.05) is 41.6 Å². The molecule has 25 heavy (non-hydrogen) atoms. The predicted molar refractivity (Wildman–Crippen MR) is 97.0 cm³/mol. The van der Waals surface area contributed by atoms with E-state index in [9.17, 15) is 4.79 Å². The second-order valence-electron chi connectivity index (χ2n) is 6.70. The molecule has 1 aromatic heterocycles.